The Balaban J connectivity index is 1.01. The van der Waals surface area contributed by atoms with Crippen molar-refractivity contribution < 1.29 is 0 Å². The molecule has 0 aliphatic heterocycles. The van der Waals surface area contributed by atoms with Crippen molar-refractivity contribution in [1.29, 1.82) is 0 Å². The van der Waals surface area contributed by atoms with Gasteiger partial charge in [-0.05, 0) is 153 Å². The summed E-state index contributed by atoms with van der Waals surface area (Å²) >= 11 is 0. The smallest absolute Gasteiger partial charge is 0.0541 e. The Hall–Kier alpha value is -6.90. The Kier molecular flexibility index (Phi) is 6.72. The lowest BCUT2D eigenvalue weighted by Gasteiger charge is -2.30. The standard InChI is InChI=1S/C52H36N2/c1-33-12-6-9-17-49(33)53(52-32-38(21-20-34(52)2)35-13-4-3-5-14-35)41-24-22-36-28-45-47(30-39(36)26-41)46-29-37-23-25-42(27-40(37)31-48(45)46)54-50-18-10-7-15-43(50)44-16-8-11-19-51(44)54/h3-32H,1-2H3. The van der Waals surface area contributed by atoms with Crippen LogP contribution in [-0.2, 0) is 0 Å². The maximum absolute atomic E-state index is 2.44. The zero-order valence-electron chi connectivity index (χ0n) is 30.2. The van der Waals surface area contributed by atoms with Crippen LogP contribution in [0.3, 0.4) is 0 Å². The van der Waals surface area contributed by atoms with Crippen molar-refractivity contribution in [2.45, 2.75) is 13.8 Å². The molecule has 0 N–H and O–H groups in total. The molecule has 1 heterocycles. The molecular weight excluding hydrogens is 653 g/mol. The molecule has 0 unspecified atom stereocenters. The van der Waals surface area contributed by atoms with E-state index >= 15 is 0 Å². The third kappa shape index (κ3) is 4.67. The number of para-hydroxylation sites is 3. The number of anilines is 3. The molecule has 0 fully saturated rings. The van der Waals surface area contributed by atoms with Crippen LogP contribution in [0.4, 0.5) is 17.1 Å². The number of benzene rings is 9. The van der Waals surface area contributed by atoms with Gasteiger partial charge in [-0.3, -0.25) is 0 Å². The van der Waals surface area contributed by atoms with Gasteiger partial charge in [-0.2, -0.15) is 0 Å². The highest BCUT2D eigenvalue weighted by atomic mass is 15.1. The first-order chi connectivity index (χ1) is 26.6. The number of aromatic nitrogens is 1. The fourth-order valence-corrected chi connectivity index (χ4v) is 8.76. The lowest BCUT2D eigenvalue weighted by Crippen LogP contribution is -2.13. The van der Waals surface area contributed by atoms with Gasteiger partial charge in [-0.1, -0.05) is 109 Å². The normalized spacial score (nSPS) is 11.9. The number of fused-ring (bicyclic) bond motifs is 9. The van der Waals surface area contributed by atoms with E-state index in [0.717, 1.165) is 5.69 Å². The summed E-state index contributed by atoms with van der Waals surface area (Å²) in [6, 6.07) is 67.1. The second kappa shape index (κ2) is 11.8. The Bertz CT molecular complexity index is 3080. The molecule has 10 aromatic rings. The number of nitrogens with zero attached hydrogens (tertiary/aromatic N) is 2. The number of hydrogen-bond donors (Lipinski definition) is 0. The zero-order valence-corrected chi connectivity index (χ0v) is 30.2. The summed E-state index contributed by atoms with van der Waals surface area (Å²) < 4.78 is 2.40. The van der Waals surface area contributed by atoms with Crippen molar-refractivity contribution in [2.24, 2.45) is 0 Å². The Morgan fingerprint density at radius 1 is 0.370 bits per heavy atom. The van der Waals surface area contributed by atoms with Crippen molar-refractivity contribution in [3.8, 4) is 39.1 Å². The zero-order chi connectivity index (χ0) is 35.9. The van der Waals surface area contributed by atoms with Crippen LogP contribution >= 0.6 is 0 Å². The van der Waals surface area contributed by atoms with Gasteiger partial charge in [0.15, 0.2) is 0 Å². The van der Waals surface area contributed by atoms with E-state index in [-0.39, 0.29) is 0 Å². The van der Waals surface area contributed by atoms with Gasteiger partial charge >= 0.3 is 0 Å². The van der Waals surface area contributed by atoms with Gasteiger partial charge < -0.3 is 9.47 Å². The fourth-order valence-electron chi connectivity index (χ4n) is 8.76. The quantitative estimate of drug-likeness (QED) is 0.175. The molecule has 0 atom stereocenters. The van der Waals surface area contributed by atoms with E-state index < -0.39 is 0 Å². The largest absolute Gasteiger partial charge is 0.310 e. The van der Waals surface area contributed by atoms with Gasteiger partial charge in [-0.15, -0.1) is 0 Å². The summed E-state index contributed by atoms with van der Waals surface area (Å²) in [6.45, 7) is 4.42. The maximum Gasteiger partial charge on any atom is 0.0541 e. The molecule has 54 heavy (non-hydrogen) atoms. The van der Waals surface area contributed by atoms with Crippen LogP contribution in [0.5, 0.6) is 0 Å². The first-order valence-electron chi connectivity index (χ1n) is 18.8. The fraction of sp³-hybridized carbons (Fsp3) is 0.0385. The average molecular weight is 689 g/mol. The predicted molar refractivity (Wildman–Crippen MR) is 230 cm³/mol. The van der Waals surface area contributed by atoms with E-state index in [1.54, 1.807) is 0 Å². The highest BCUT2D eigenvalue weighted by Gasteiger charge is 2.25. The topological polar surface area (TPSA) is 8.17 Å². The van der Waals surface area contributed by atoms with Gasteiger partial charge in [-0.25, -0.2) is 0 Å². The molecule has 2 heteroatoms. The molecule has 0 saturated heterocycles. The van der Waals surface area contributed by atoms with Gasteiger partial charge in [0.05, 0.1) is 11.0 Å². The number of rotatable bonds is 5. The molecule has 0 spiro atoms. The molecule has 1 aliphatic rings. The van der Waals surface area contributed by atoms with Crippen molar-refractivity contribution in [3.63, 3.8) is 0 Å². The summed E-state index contributed by atoms with van der Waals surface area (Å²) in [5, 5.41) is 7.59. The van der Waals surface area contributed by atoms with Crippen LogP contribution < -0.4 is 4.90 Å². The molecule has 9 aromatic carbocycles. The monoisotopic (exact) mass is 688 g/mol. The minimum atomic E-state index is 1.15. The van der Waals surface area contributed by atoms with E-state index in [1.165, 1.54) is 105 Å². The lowest BCUT2D eigenvalue weighted by atomic mass is 9.78. The van der Waals surface area contributed by atoms with Gasteiger partial charge in [0.2, 0.25) is 0 Å². The Labute approximate surface area is 314 Å². The van der Waals surface area contributed by atoms with E-state index in [1.807, 2.05) is 0 Å². The molecule has 0 amide bonds. The highest BCUT2D eigenvalue weighted by molar-refractivity contribution is 6.13. The molecule has 2 nitrogen and oxygen atoms in total. The SMILES string of the molecule is Cc1ccccc1N(c1ccc2cc3c(cc2c1)-c1cc2ccc(-n4c5ccccc5c5ccccc54)cc2cc1-3)c1cc(-c2ccccc2)ccc1C. The molecule has 1 aromatic heterocycles. The van der Waals surface area contributed by atoms with Crippen molar-refractivity contribution in [3.05, 3.63) is 193 Å². The summed E-state index contributed by atoms with van der Waals surface area (Å²) in [5.74, 6) is 0. The van der Waals surface area contributed by atoms with E-state index in [9.17, 15) is 0 Å². The molecule has 254 valence electrons. The maximum atomic E-state index is 2.44. The molecule has 11 rings (SSSR count). The minimum absolute atomic E-state index is 1.15. The van der Waals surface area contributed by atoms with Crippen molar-refractivity contribution in [2.75, 3.05) is 4.90 Å². The van der Waals surface area contributed by atoms with Crippen LogP contribution in [0.25, 0.3) is 82.4 Å². The summed E-state index contributed by atoms with van der Waals surface area (Å²) in [5.41, 5.74) is 17.4. The first-order valence-corrected chi connectivity index (χ1v) is 18.8. The van der Waals surface area contributed by atoms with E-state index in [4.69, 9.17) is 0 Å². The summed E-state index contributed by atoms with van der Waals surface area (Å²) in [6.07, 6.45) is 0. The van der Waals surface area contributed by atoms with Gasteiger partial charge in [0.25, 0.3) is 0 Å². The van der Waals surface area contributed by atoms with Crippen molar-refractivity contribution in [1.82, 2.24) is 4.57 Å². The van der Waals surface area contributed by atoms with Crippen molar-refractivity contribution >= 4 is 60.4 Å². The number of hydrogen-bond acceptors (Lipinski definition) is 1. The van der Waals surface area contributed by atoms with Crippen LogP contribution in [-0.4, -0.2) is 4.57 Å². The predicted octanol–water partition coefficient (Wildman–Crippen LogP) is 14.5. The molecule has 0 radical (unpaired) electrons. The van der Waals surface area contributed by atoms with Gasteiger partial charge in [0.1, 0.15) is 0 Å². The molecular formula is C52H36N2. The third-order valence-electron chi connectivity index (χ3n) is 11.5. The lowest BCUT2D eigenvalue weighted by molar-refractivity contribution is 1.19. The Morgan fingerprint density at radius 3 is 1.61 bits per heavy atom. The molecule has 0 saturated carbocycles. The highest BCUT2D eigenvalue weighted by Crippen LogP contribution is 2.51. The van der Waals surface area contributed by atoms with Gasteiger partial charge in [0, 0.05) is 33.5 Å². The first kappa shape index (κ1) is 30.7. The van der Waals surface area contributed by atoms with Crippen LogP contribution in [0.2, 0.25) is 0 Å². The summed E-state index contributed by atoms with van der Waals surface area (Å²) in [7, 11) is 0. The van der Waals surface area contributed by atoms with Crippen LogP contribution in [0.1, 0.15) is 11.1 Å². The Morgan fingerprint density at radius 2 is 0.926 bits per heavy atom. The van der Waals surface area contributed by atoms with Crippen LogP contribution in [0, 0.1) is 13.8 Å². The molecule has 1 aliphatic carbocycles. The minimum Gasteiger partial charge on any atom is -0.310 e. The third-order valence-corrected chi connectivity index (χ3v) is 11.5. The average Bonchev–Trinajstić information content (AvgIpc) is 3.55. The van der Waals surface area contributed by atoms with Crippen LogP contribution in [0.15, 0.2) is 182 Å². The van der Waals surface area contributed by atoms with E-state index in [0.29, 0.717) is 0 Å². The second-order valence-electron chi connectivity index (χ2n) is 14.7. The second-order valence-corrected chi connectivity index (χ2v) is 14.7. The summed E-state index contributed by atoms with van der Waals surface area (Å²) in [4.78, 5) is 2.44. The van der Waals surface area contributed by atoms with E-state index in [2.05, 4.69) is 205 Å². The molecule has 0 bridgehead atoms. The number of aryl methyl sites for hydroxylation is 2.